The summed E-state index contributed by atoms with van der Waals surface area (Å²) in [6.07, 6.45) is 3.45. The summed E-state index contributed by atoms with van der Waals surface area (Å²) in [7, 11) is 0. The van der Waals surface area contributed by atoms with Crippen molar-refractivity contribution in [1.29, 1.82) is 0 Å². The largest absolute Gasteiger partial charge is 0.494 e. The molecule has 0 spiro atoms. The van der Waals surface area contributed by atoms with E-state index in [0.717, 1.165) is 22.7 Å². The molecule has 1 heterocycles. The van der Waals surface area contributed by atoms with Gasteiger partial charge in [-0.3, -0.25) is 10.4 Å². The first-order valence-corrected chi connectivity index (χ1v) is 7.34. The Hall–Kier alpha value is -2.47. The molecule has 1 aromatic carbocycles. The van der Waals surface area contributed by atoms with Crippen LogP contribution in [0.25, 0.3) is 0 Å². The summed E-state index contributed by atoms with van der Waals surface area (Å²) >= 11 is 5.22. The zero-order chi connectivity index (χ0) is 15.8. The molecule has 0 amide bonds. The number of pyridine rings is 1. The van der Waals surface area contributed by atoms with Crippen LogP contribution in [-0.2, 0) is 0 Å². The quantitative estimate of drug-likeness (QED) is 0.504. The molecule has 0 aliphatic heterocycles. The number of ether oxygens (including phenoxy) is 1. The lowest BCUT2D eigenvalue weighted by Gasteiger charge is -2.09. The molecule has 0 aliphatic carbocycles. The monoisotopic (exact) mass is 314 g/mol. The van der Waals surface area contributed by atoms with E-state index in [1.165, 1.54) is 0 Å². The van der Waals surface area contributed by atoms with Gasteiger partial charge in [0.15, 0.2) is 5.11 Å². The van der Waals surface area contributed by atoms with Gasteiger partial charge in [-0.15, -0.1) is 0 Å². The van der Waals surface area contributed by atoms with Crippen LogP contribution in [0.1, 0.15) is 19.4 Å². The second-order valence-corrected chi connectivity index (χ2v) is 4.86. The molecule has 5 nitrogen and oxygen atoms in total. The van der Waals surface area contributed by atoms with Gasteiger partial charge in [0, 0.05) is 23.6 Å². The molecule has 2 N–H and O–H groups in total. The van der Waals surface area contributed by atoms with Crippen LogP contribution in [0.2, 0.25) is 0 Å². The molecule has 0 radical (unpaired) electrons. The lowest BCUT2D eigenvalue weighted by Crippen LogP contribution is -2.24. The Morgan fingerprint density at radius 1 is 1.18 bits per heavy atom. The summed E-state index contributed by atoms with van der Waals surface area (Å²) in [5.74, 6) is 0.832. The van der Waals surface area contributed by atoms with Gasteiger partial charge in [0.1, 0.15) is 5.75 Å². The Morgan fingerprint density at radius 3 is 2.50 bits per heavy atom. The fraction of sp³-hybridized carbons (Fsp3) is 0.188. The zero-order valence-electron chi connectivity index (χ0n) is 12.5. The van der Waals surface area contributed by atoms with E-state index in [1.54, 1.807) is 12.4 Å². The molecule has 0 bridgehead atoms. The predicted octanol–water partition coefficient (Wildman–Crippen LogP) is 3.19. The third kappa shape index (κ3) is 4.82. The van der Waals surface area contributed by atoms with Crippen LogP contribution in [0, 0.1) is 0 Å². The molecule has 2 rings (SSSR count). The molecule has 0 saturated heterocycles. The summed E-state index contributed by atoms with van der Waals surface area (Å²) in [6.45, 7) is 4.51. The minimum absolute atomic E-state index is 0.428. The van der Waals surface area contributed by atoms with Gasteiger partial charge in [-0.1, -0.05) is 0 Å². The first kappa shape index (κ1) is 15.9. The topological polar surface area (TPSA) is 58.5 Å². The smallest absolute Gasteiger partial charge is 0.191 e. The third-order valence-electron chi connectivity index (χ3n) is 2.85. The van der Waals surface area contributed by atoms with Gasteiger partial charge in [0.05, 0.1) is 12.3 Å². The molecular formula is C16H18N4OS. The van der Waals surface area contributed by atoms with Crippen molar-refractivity contribution in [2.24, 2.45) is 5.10 Å². The van der Waals surface area contributed by atoms with Crippen molar-refractivity contribution in [3.63, 3.8) is 0 Å². The van der Waals surface area contributed by atoms with E-state index in [-0.39, 0.29) is 0 Å². The molecule has 1 aromatic heterocycles. The number of thiocarbonyl (C=S) groups is 1. The summed E-state index contributed by atoms with van der Waals surface area (Å²) in [4.78, 5) is 3.98. The summed E-state index contributed by atoms with van der Waals surface area (Å²) < 4.78 is 5.39. The van der Waals surface area contributed by atoms with Gasteiger partial charge < -0.3 is 10.1 Å². The number of nitrogens with one attached hydrogen (secondary N) is 2. The van der Waals surface area contributed by atoms with Crippen LogP contribution >= 0.6 is 12.2 Å². The van der Waals surface area contributed by atoms with Crippen molar-refractivity contribution in [3.05, 3.63) is 54.4 Å². The van der Waals surface area contributed by atoms with Crippen LogP contribution in [0.5, 0.6) is 5.75 Å². The van der Waals surface area contributed by atoms with E-state index >= 15 is 0 Å². The number of hydrogen-bond acceptors (Lipinski definition) is 4. The number of hydrogen-bond donors (Lipinski definition) is 2. The van der Waals surface area contributed by atoms with Gasteiger partial charge in [-0.05, 0) is 62.5 Å². The second kappa shape index (κ2) is 8.09. The molecule has 22 heavy (non-hydrogen) atoms. The van der Waals surface area contributed by atoms with E-state index in [0.29, 0.717) is 11.7 Å². The zero-order valence-corrected chi connectivity index (χ0v) is 13.4. The molecule has 2 aromatic rings. The Morgan fingerprint density at radius 2 is 1.86 bits per heavy atom. The Balaban J connectivity index is 1.90. The molecule has 0 aliphatic rings. The molecule has 114 valence electrons. The van der Waals surface area contributed by atoms with E-state index in [2.05, 4.69) is 20.8 Å². The number of benzene rings is 1. The molecular weight excluding hydrogens is 296 g/mol. The highest BCUT2D eigenvalue weighted by Gasteiger charge is 1.99. The molecule has 0 unspecified atom stereocenters. The maximum Gasteiger partial charge on any atom is 0.191 e. The third-order valence-corrected chi connectivity index (χ3v) is 3.04. The second-order valence-electron chi connectivity index (χ2n) is 4.46. The molecule has 0 fully saturated rings. The standard InChI is InChI=1S/C16H18N4OS/c1-3-21-15-6-4-14(5-7-15)18-16(22)20-19-12(2)13-8-10-17-11-9-13/h4-11H,3H2,1-2H3,(H2,18,20,22)/b19-12-. The Labute approximate surface area is 135 Å². The Kier molecular flexibility index (Phi) is 5.85. The average Bonchev–Trinajstić information content (AvgIpc) is 2.55. The summed E-state index contributed by atoms with van der Waals surface area (Å²) in [5.41, 5.74) is 5.52. The number of hydrazone groups is 1. The SMILES string of the molecule is CCOc1ccc(NC(=S)N/N=C(/C)c2ccncc2)cc1. The van der Waals surface area contributed by atoms with Crippen molar-refractivity contribution in [2.45, 2.75) is 13.8 Å². The van der Waals surface area contributed by atoms with Crippen LogP contribution < -0.4 is 15.5 Å². The van der Waals surface area contributed by atoms with E-state index in [1.807, 2.05) is 50.2 Å². The van der Waals surface area contributed by atoms with Gasteiger partial charge in [-0.25, -0.2) is 0 Å². The summed E-state index contributed by atoms with van der Waals surface area (Å²) in [6, 6.07) is 11.4. The van der Waals surface area contributed by atoms with Crippen molar-refractivity contribution in [3.8, 4) is 5.75 Å². The fourth-order valence-corrected chi connectivity index (χ4v) is 1.92. The number of anilines is 1. The van der Waals surface area contributed by atoms with Crippen molar-refractivity contribution in [2.75, 3.05) is 11.9 Å². The highest BCUT2D eigenvalue weighted by atomic mass is 32.1. The van der Waals surface area contributed by atoms with Crippen molar-refractivity contribution < 1.29 is 4.74 Å². The Bertz CT molecular complexity index is 641. The van der Waals surface area contributed by atoms with Gasteiger partial charge >= 0.3 is 0 Å². The average molecular weight is 314 g/mol. The lowest BCUT2D eigenvalue weighted by molar-refractivity contribution is 0.340. The fourth-order valence-electron chi connectivity index (χ4n) is 1.75. The highest BCUT2D eigenvalue weighted by Crippen LogP contribution is 2.15. The van der Waals surface area contributed by atoms with E-state index < -0.39 is 0 Å². The molecule has 0 atom stereocenters. The maximum absolute atomic E-state index is 5.39. The van der Waals surface area contributed by atoms with Crippen LogP contribution in [-0.4, -0.2) is 22.4 Å². The van der Waals surface area contributed by atoms with Gasteiger partial charge in [-0.2, -0.15) is 5.10 Å². The van der Waals surface area contributed by atoms with Gasteiger partial charge in [0.2, 0.25) is 0 Å². The highest BCUT2D eigenvalue weighted by molar-refractivity contribution is 7.80. The number of rotatable bonds is 5. The molecule has 0 saturated carbocycles. The normalized spacial score (nSPS) is 10.9. The van der Waals surface area contributed by atoms with Gasteiger partial charge in [0.25, 0.3) is 0 Å². The lowest BCUT2D eigenvalue weighted by atomic mass is 10.2. The predicted molar refractivity (Wildman–Crippen MR) is 93.4 cm³/mol. The summed E-state index contributed by atoms with van der Waals surface area (Å²) in [5, 5.41) is 7.74. The van der Waals surface area contributed by atoms with Crippen LogP contribution in [0.3, 0.4) is 0 Å². The van der Waals surface area contributed by atoms with E-state index in [4.69, 9.17) is 17.0 Å². The van der Waals surface area contributed by atoms with Crippen LogP contribution in [0.15, 0.2) is 53.9 Å². The number of aromatic nitrogens is 1. The minimum atomic E-state index is 0.428. The van der Waals surface area contributed by atoms with Crippen LogP contribution in [0.4, 0.5) is 5.69 Å². The molecule has 6 heteroatoms. The van der Waals surface area contributed by atoms with E-state index in [9.17, 15) is 0 Å². The van der Waals surface area contributed by atoms with Crippen molar-refractivity contribution in [1.82, 2.24) is 10.4 Å². The first-order chi connectivity index (χ1) is 10.7. The number of nitrogens with zero attached hydrogens (tertiary/aromatic N) is 2. The van der Waals surface area contributed by atoms with Crippen molar-refractivity contribution >= 4 is 28.7 Å². The first-order valence-electron chi connectivity index (χ1n) is 6.93. The maximum atomic E-state index is 5.39. The minimum Gasteiger partial charge on any atom is -0.494 e.